The Labute approximate surface area is 152 Å². The highest BCUT2D eigenvalue weighted by Crippen LogP contribution is 2.32. The Morgan fingerprint density at radius 1 is 1.31 bits per heavy atom. The quantitative estimate of drug-likeness (QED) is 0.512. The van der Waals surface area contributed by atoms with E-state index in [-0.39, 0.29) is 43.7 Å². The molecule has 1 atom stereocenters. The normalized spacial score (nSPS) is 17.0. The minimum Gasteiger partial charge on any atom is -0.454 e. The van der Waals surface area contributed by atoms with Gasteiger partial charge in [0.2, 0.25) is 12.7 Å². The van der Waals surface area contributed by atoms with Crippen LogP contribution in [0.1, 0.15) is 23.7 Å². The number of carbonyl (C=O) groups is 2. The van der Waals surface area contributed by atoms with Crippen molar-refractivity contribution >= 4 is 11.7 Å². The van der Waals surface area contributed by atoms with Gasteiger partial charge in [-0.3, -0.25) is 14.5 Å². The molecule has 1 amide bonds. The largest absolute Gasteiger partial charge is 0.454 e. The van der Waals surface area contributed by atoms with Gasteiger partial charge in [-0.05, 0) is 32.2 Å². The molecular formula is C18H24N2O6. The van der Waals surface area contributed by atoms with E-state index in [0.29, 0.717) is 36.9 Å². The van der Waals surface area contributed by atoms with Crippen LogP contribution in [0, 0.1) is 0 Å². The van der Waals surface area contributed by atoms with Crippen molar-refractivity contribution in [2.75, 3.05) is 40.3 Å². The fourth-order valence-electron chi connectivity index (χ4n) is 2.56. The molecule has 0 radical (unpaired) electrons. The lowest BCUT2D eigenvalue weighted by Crippen LogP contribution is -2.44. The van der Waals surface area contributed by atoms with Crippen molar-refractivity contribution in [2.45, 2.75) is 25.5 Å². The number of rotatable bonds is 9. The van der Waals surface area contributed by atoms with Gasteiger partial charge in [-0.25, -0.2) is 0 Å². The summed E-state index contributed by atoms with van der Waals surface area (Å²) in [6.45, 7) is 3.83. The van der Waals surface area contributed by atoms with E-state index in [4.69, 9.17) is 18.9 Å². The van der Waals surface area contributed by atoms with Crippen LogP contribution in [0.4, 0.5) is 0 Å². The first-order valence-corrected chi connectivity index (χ1v) is 8.64. The number of hydrogen-bond acceptors (Lipinski definition) is 7. The molecule has 0 bridgehead atoms. The molecule has 0 spiro atoms. The van der Waals surface area contributed by atoms with Crippen molar-refractivity contribution in [1.29, 1.82) is 0 Å². The zero-order valence-electron chi connectivity index (χ0n) is 15.0. The lowest BCUT2D eigenvalue weighted by molar-refractivity contribution is -0.137. The Morgan fingerprint density at radius 2 is 2.08 bits per heavy atom. The molecule has 1 aromatic carbocycles. The van der Waals surface area contributed by atoms with Crippen LogP contribution in [0.3, 0.4) is 0 Å². The van der Waals surface area contributed by atoms with Gasteiger partial charge in [-0.2, -0.15) is 0 Å². The van der Waals surface area contributed by atoms with Crippen molar-refractivity contribution in [2.24, 2.45) is 0 Å². The van der Waals surface area contributed by atoms with Gasteiger partial charge < -0.3 is 24.3 Å². The highest BCUT2D eigenvalue weighted by Gasteiger charge is 2.23. The zero-order chi connectivity index (χ0) is 18.5. The first-order chi connectivity index (χ1) is 12.5. The highest BCUT2D eigenvalue weighted by molar-refractivity contribution is 6.00. The molecule has 1 fully saturated rings. The molecule has 2 aliphatic rings. The summed E-state index contributed by atoms with van der Waals surface area (Å²) in [5, 5.41) is 2.80. The van der Waals surface area contributed by atoms with Crippen LogP contribution in [0.5, 0.6) is 11.5 Å². The van der Waals surface area contributed by atoms with Crippen molar-refractivity contribution in [3.05, 3.63) is 23.8 Å². The molecule has 0 aromatic heterocycles. The number of Topliss-reactive ketones (excluding diaryl/α,β-unsaturated/α-hetero) is 1. The predicted molar refractivity (Wildman–Crippen MR) is 92.3 cm³/mol. The van der Waals surface area contributed by atoms with Crippen molar-refractivity contribution in [3.8, 4) is 11.5 Å². The van der Waals surface area contributed by atoms with Crippen LogP contribution in [0.25, 0.3) is 0 Å². The fraction of sp³-hybridized carbons (Fsp3) is 0.556. The van der Waals surface area contributed by atoms with Crippen molar-refractivity contribution in [3.63, 3.8) is 0 Å². The average Bonchev–Trinajstić information content (AvgIpc) is 3.08. The molecule has 1 unspecified atom stereocenters. The molecule has 2 heterocycles. The second kappa shape index (κ2) is 8.48. The van der Waals surface area contributed by atoms with E-state index in [0.717, 1.165) is 0 Å². The van der Waals surface area contributed by atoms with Crippen molar-refractivity contribution < 1.29 is 28.5 Å². The van der Waals surface area contributed by atoms with E-state index in [1.807, 2.05) is 0 Å². The first-order valence-electron chi connectivity index (χ1n) is 8.64. The third-order valence-corrected chi connectivity index (χ3v) is 4.51. The summed E-state index contributed by atoms with van der Waals surface area (Å²) in [4.78, 5) is 26.3. The van der Waals surface area contributed by atoms with E-state index in [1.165, 1.54) is 0 Å². The molecule has 0 aliphatic carbocycles. The summed E-state index contributed by atoms with van der Waals surface area (Å²) in [6.07, 6.45) is 0.402. The van der Waals surface area contributed by atoms with Crippen LogP contribution in [0.15, 0.2) is 18.2 Å². The van der Waals surface area contributed by atoms with Crippen LogP contribution in [0.2, 0.25) is 0 Å². The molecule has 26 heavy (non-hydrogen) atoms. The number of ether oxygens (including phenoxy) is 4. The molecule has 142 valence electrons. The van der Waals surface area contributed by atoms with Gasteiger partial charge in [0.15, 0.2) is 17.3 Å². The lowest BCUT2D eigenvalue weighted by Gasteiger charge is -2.26. The molecule has 8 heteroatoms. The molecule has 3 rings (SSSR count). The van der Waals surface area contributed by atoms with Gasteiger partial charge in [0.05, 0.1) is 39.0 Å². The monoisotopic (exact) mass is 364 g/mol. The van der Waals surface area contributed by atoms with Gasteiger partial charge in [-0.1, -0.05) is 0 Å². The summed E-state index contributed by atoms with van der Waals surface area (Å²) in [7, 11) is 1.79. The topological polar surface area (TPSA) is 86.3 Å². The number of ketones is 1. The molecule has 8 nitrogen and oxygen atoms in total. The molecule has 1 N–H and O–H groups in total. The van der Waals surface area contributed by atoms with Crippen LogP contribution in [-0.4, -0.2) is 69.1 Å². The maximum Gasteiger partial charge on any atom is 0.231 e. The van der Waals surface area contributed by atoms with Gasteiger partial charge in [-0.15, -0.1) is 0 Å². The number of hydrogen-bond donors (Lipinski definition) is 1. The van der Waals surface area contributed by atoms with Gasteiger partial charge in [0.1, 0.15) is 6.10 Å². The Hall–Kier alpha value is -2.16. The number of nitrogens with one attached hydrogen (secondary N) is 1. The number of fused-ring (bicyclic) bond motifs is 1. The lowest BCUT2D eigenvalue weighted by atomic mass is 10.0. The summed E-state index contributed by atoms with van der Waals surface area (Å²) >= 11 is 0. The second-order valence-electron chi connectivity index (χ2n) is 6.40. The summed E-state index contributed by atoms with van der Waals surface area (Å²) in [6, 6.07) is 4.76. The minimum atomic E-state index is -0.390. The third-order valence-electron chi connectivity index (χ3n) is 4.51. The molecule has 2 aliphatic heterocycles. The van der Waals surface area contributed by atoms with Crippen molar-refractivity contribution in [1.82, 2.24) is 10.2 Å². The Morgan fingerprint density at radius 3 is 2.81 bits per heavy atom. The van der Waals surface area contributed by atoms with E-state index < -0.39 is 0 Å². The second-order valence-corrected chi connectivity index (χ2v) is 6.40. The molecular weight excluding hydrogens is 340 g/mol. The summed E-state index contributed by atoms with van der Waals surface area (Å²) in [5.41, 5.74) is 0.552. The average molecular weight is 364 g/mol. The van der Waals surface area contributed by atoms with E-state index in [1.54, 1.807) is 37.1 Å². The van der Waals surface area contributed by atoms with Crippen LogP contribution in [-0.2, 0) is 14.3 Å². The molecule has 1 saturated heterocycles. The number of nitrogens with zero attached hydrogens (tertiary/aromatic N) is 1. The van der Waals surface area contributed by atoms with Crippen LogP contribution >= 0.6 is 0 Å². The maximum atomic E-state index is 12.6. The fourth-order valence-corrected chi connectivity index (χ4v) is 2.56. The minimum absolute atomic E-state index is 0.0478. The van der Waals surface area contributed by atoms with Gasteiger partial charge in [0, 0.05) is 5.56 Å². The van der Waals surface area contributed by atoms with E-state index in [9.17, 15) is 9.59 Å². The maximum absolute atomic E-state index is 12.6. The molecule has 1 aromatic rings. The first kappa shape index (κ1) is 18.6. The smallest absolute Gasteiger partial charge is 0.231 e. The summed E-state index contributed by atoms with van der Waals surface area (Å²) in [5.74, 6) is 1.06. The Balaban J connectivity index is 1.42. The number of amides is 1. The Kier molecular flexibility index (Phi) is 6.08. The highest BCUT2D eigenvalue weighted by atomic mass is 16.7. The number of likely N-dealkylation sites (N-methyl/N-ethyl adjacent to an activating group) is 1. The van der Waals surface area contributed by atoms with Crippen LogP contribution < -0.4 is 14.8 Å². The SMILES string of the molecule is CC(C(=O)c1ccc2c(c1)OCO2)N(C)CNC(=O)CCOC1COC1. The third kappa shape index (κ3) is 4.51. The standard InChI is InChI=1S/C18H24N2O6/c1-12(18(22)13-3-4-15-16(7-13)26-11-25-15)20(2)10-19-17(21)5-6-24-14-8-23-9-14/h3-4,7,12,14H,5-6,8-11H2,1-2H3,(H,19,21). The van der Waals surface area contributed by atoms with Gasteiger partial charge in [0.25, 0.3) is 0 Å². The van der Waals surface area contributed by atoms with E-state index >= 15 is 0 Å². The summed E-state index contributed by atoms with van der Waals surface area (Å²) < 4.78 is 21.0. The zero-order valence-corrected chi connectivity index (χ0v) is 15.0. The van der Waals surface area contributed by atoms with E-state index in [2.05, 4.69) is 5.32 Å². The Bertz CT molecular complexity index is 661. The van der Waals surface area contributed by atoms with Gasteiger partial charge >= 0.3 is 0 Å². The predicted octanol–water partition coefficient (Wildman–Crippen LogP) is 0.797. The number of carbonyl (C=O) groups excluding carboxylic acids is 2. The molecule has 0 saturated carbocycles. The number of benzene rings is 1.